The number of hydrogen-bond acceptors (Lipinski definition) is 4. The van der Waals surface area contributed by atoms with E-state index in [0.717, 1.165) is 44.5 Å². The van der Waals surface area contributed by atoms with Crippen LogP contribution in [0.15, 0.2) is 41.8 Å². The third-order valence-electron chi connectivity index (χ3n) is 6.25. The number of hydrogen-bond donors (Lipinski definition) is 2. The van der Waals surface area contributed by atoms with E-state index in [1.807, 2.05) is 23.6 Å². The number of rotatable bonds is 5. The van der Waals surface area contributed by atoms with Gasteiger partial charge in [0.1, 0.15) is 5.60 Å². The maximum Gasteiger partial charge on any atom is 0.223 e. The van der Waals surface area contributed by atoms with Gasteiger partial charge in [0.05, 0.1) is 6.54 Å². The second kappa shape index (κ2) is 8.55. The van der Waals surface area contributed by atoms with Crippen molar-refractivity contribution in [1.29, 1.82) is 0 Å². The minimum Gasteiger partial charge on any atom is -0.378 e. The van der Waals surface area contributed by atoms with Crippen LogP contribution in [0.3, 0.4) is 0 Å². The summed E-state index contributed by atoms with van der Waals surface area (Å²) in [6, 6.07) is 12.4. The summed E-state index contributed by atoms with van der Waals surface area (Å²) < 4.78 is 0. The largest absolute Gasteiger partial charge is 0.378 e. The lowest BCUT2D eigenvalue weighted by Gasteiger charge is -2.32. The van der Waals surface area contributed by atoms with Gasteiger partial charge in [-0.3, -0.25) is 9.69 Å². The van der Waals surface area contributed by atoms with E-state index in [0.29, 0.717) is 6.54 Å². The Morgan fingerprint density at radius 2 is 2.00 bits per heavy atom. The summed E-state index contributed by atoms with van der Waals surface area (Å²) in [4.78, 5) is 16.2. The van der Waals surface area contributed by atoms with E-state index >= 15 is 0 Å². The fourth-order valence-corrected chi connectivity index (χ4v) is 4.96. The number of nitrogens with zero attached hydrogens (tertiary/aromatic N) is 1. The van der Waals surface area contributed by atoms with Crippen LogP contribution in [0.25, 0.3) is 0 Å². The molecular weight excluding hydrogens is 392 g/mol. The second-order valence-electron chi connectivity index (χ2n) is 9.20. The second-order valence-corrected chi connectivity index (χ2v) is 10.2. The van der Waals surface area contributed by atoms with Gasteiger partial charge in [0.15, 0.2) is 0 Å². The van der Waals surface area contributed by atoms with E-state index in [-0.39, 0.29) is 17.2 Å². The molecule has 1 atom stereocenters. The molecule has 30 heavy (non-hydrogen) atoms. The van der Waals surface area contributed by atoms with Gasteiger partial charge < -0.3 is 10.4 Å². The van der Waals surface area contributed by atoms with Crippen LogP contribution in [0.2, 0.25) is 0 Å². The number of likely N-dealkylation sites (tertiary alicyclic amines) is 1. The first-order valence-electron chi connectivity index (χ1n) is 10.7. The average Bonchev–Trinajstić information content (AvgIpc) is 3.16. The fraction of sp³-hybridized carbons (Fsp3) is 0.480. The van der Waals surface area contributed by atoms with Gasteiger partial charge in [-0.05, 0) is 80.8 Å². The topological polar surface area (TPSA) is 52.6 Å². The molecule has 4 rings (SSSR count). The van der Waals surface area contributed by atoms with Crippen molar-refractivity contribution in [2.24, 2.45) is 11.3 Å². The number of piperidine rings is 1. The Kier molecular flexibility index (Phi) is 6.02. The third kappa shape index (κ3) is 5.31. The summed E-state index contributed by atoms with van der Waals surface area (Å²) in [6.45, 7) is 7.07. The first kappa shape index (κ1) is 21.1. The molecule has 2 aromatic rings. The lowest BCUT2D eigenvalue weighted by atomic mass is 9.90. The van der Waals surface area contributed by atoms with Crippen LogP contribution in [0, 0.1) is 23.2 Å². The van der Waals surface area contributed by atoms with Gasteiger partial charge in [-0.15, -0.1) is 11.3 Å². The van der Waals surface area contributed by atoms with Crippen LogP contribution >= 0.6 is 11.3 Å². The lowest BCUT2D eigenvalue weighted by molar-refractivity contribution is -0.123. The highest BCUT2D eigenvalue weighted by atomic mass is 32.1. The third-order valence-corrected chi connectivity index (χ3v) is 7.12. The zero-order valence-corrected chi connectivity index (χ0v) is 18.6. The zero-order valence-electron chi connectivity index (χ0n) is 17.8. The van der Waals surface area contributed by atoms with Crippen molar-refractivity contribution < 1.29 is 9.90 Å². The van der Waals surface area contributed by atoms with E-state index in [1.54, 1.807) is 25.2 Å². The highest BCUT2D eigenvalue weighted by Gasteiger charge is 2.58. The van der Waals surface area contributed by atoms with Crippen molar-refractivity contribution in [3.05, 3.63) is 57.8 Å². The number of thiophene rings is 1. The summed E-state index contributed by atoms with van der Waals surface area (Å²) in [7, 11) is 0. The van der Waals surface area contributed by atoms with E-state index in [4.69, 9.17) is 0 Å². The molecule has 2 heterocycles. The minimum atomic E-state index is -0.968. The number of carbonyl (C=O) groups excluding carboxylic acids is 1. The molecule has 1 saturated heterocycles. The molecule has 0 unspecified atom stereocenters. The zero-order chi connectivity index (χ0) is 21.2. The summed E-state index contributed by atoms with van der Waals surface area (Å²) in [6.07, 6.45) is 3.27. The Morgan fingerprint density at radius 1 is 1.27 bits per heavy atom. The maximum atomic E-state index is 12.5. The normalized spacial score (nSPS) is 20.4. The monoisotopic (exact) mass is 422 g/mol. The number of nitrogens with one attached hydrogen (secondary N) is 1. The number of amides is 1. The lowest BCUT2D eigenvalue weighted by Crippen LogP contribution is -2.36. The molecule has 1 aliphatic carbocycles. The van der Waals surface area contributed by atoms with Gasteiger partial charge >= 0.3 is 0 Å². The summed E-state index contributed by atoms with van der Waals surface area (Å²) >= 11 is 1.69. The van der Waals surface area contributed by atoms with Crippen LogP contribution in [0.4, 0.5) is 0 Å². The molecule has 1 amide bonds. The van der Waals surface area contributed by atoms with Crippen molar-refractivity contribution in [1.82, 2.24) is 10.2 Å². The molecule has 0 radical (unpaired) electrons. The molecule has 1 aromatic carbocycles. The molecule has 2 fully saturated rings. The van der Waals surface area contributed by atoms with Crippen molar-refractivity contribution in [2.45, 2.75) is 51.8 Å². The number of benzene rings is 1. The Hall–Kier alpha value is -2.13. The molecule has 2 N–H and O–H groups in total. The van der Waals surface area contributed by atoms with E-state index < -0.39 is 5.60 Å². The molecule has 1 aliphatic heterocycles. The Morgan fingerprint density at radius 3 is 2.63 bits per heavy atom. The SMILES string of the molecule is CC(C)(O)C#Cc1ccc(CN2CCC3(CC2)C[C@H]3C(=O)NCc2cccs2)cc1. The fourth-order valence-electron chi connectivity index (χ4n) is 4.31. The first-order chi connectivity index (χ1) is 14.3. The molecule has 0 bridgehead atoms. The van der Waals surface area contributed by atoms with Crippen molar-refractivity contribution in [2.75, 3.05) is 13.1 Å². The molecule has 158 valence electrons. The van der Waals surface area contributed by atoms with E-state index in [2.05, 4.69) is 40.3 Å². The average molecular weight is 423 g/mol. The maximum absolute atomic E-state index is 12.5. The van der Waals surface area contributed by atoms with Gasteiger partial charge in [0.2, 0.25) is 5.91 Å². The van der Waals surface area contributed by atoms with Crippen LogP contribution in [0.1, 0.15) is 49.1 Å². The Bertz CT molecular complexity index is 924. The van der Waals surface area contributed by atoms with Crippen molar-refractivity contribution >= 4 is 17.2 Å². The minimum absolute atomic E-state index is 0.202. The van der Waals surface area contributed by atoms with Crippen LogP contribution < -0.4 is 5.32 Å². The first-order valence-corrected chi connectivity index (χ1v) is 11.6. The van der Waals surface area contributed by atoms with Gasteiger partial charge in [-0.25, -0.2) is 0 Å². The summed E-state index contributed by atoms with van der Waals surface area (Å²) in [5.41, 5.74) is 1.48. The Labute approximate surface area is 183 Å². The molecule has 5 heteroatoms. The molecule has 1 saturated carbocycles. The highest BCUT2D eigenvalue weighted by Crippen LogP contribution is 2.59. The standard InChI is InChI=1S/C25H30N2O2S/c1-24(2,29)10-9-19-5-7-20(8-6-19)18-27-13-11-25(12-14-27)16-22(25)23(28)26-17-21-4-3-15-30-21/h3-8,15,22,29H,11-14,16-18H2,1-2H3,(H,26,28)/t22-/m0/s1. The predicted octanol–water partition coefficient (Wildman–Crippen LogP) is 3.79. The van der Waals surface area contributed by atoms with Crippen LogP contribution in [0.5, 0.6) is 0 Å². The van der Waals surface area contributed by atoms with Gasteiger partial charge in [-0.2, -0.15) is 0 Å². The summed E-state index contributed by atoms with van der Waals surface area (Å²) in [5.74, 6) is 6.30. The summed E-state index contributed by atoms with van der Waals surface area (Å²) in [5, 5.41) is 14.9. The molecule has 4 nitrogen and oxygen atoms in total. The van der Waals surface area contributed by atoms with Crippen molar-refractivity contribution in [3.63, 3.8) is 0 Å². The smallest absolute Gasteiger partial charge is 0.223 e. The van der Waals surface area contributed by atoms with Gasteiger partial charge in [0, 0.05) is 22.9 Å². The van der Waals surface area contributed by atoms with Crippen LogP contribution in [-0.2, 0) is 17.9 Å². The quantitative estimate of drug-likeness (QED) is 0.721. The van der Waals surface area contributed by atoms with E-state index in [9.17, 15) is 9.90 Å². The van der Waals surface area contributed by atoms with E-state index in [1.165, 1.54) is 10.4 Å². The van der Waals surface area contributed by atoms with Crippen LogP contribution in [-0.4, -0.2) is 34.6 Å². The molecule has 1 aromatic heterocycles. The Balaban J connectivity index is 1.23. The number of aliphatic hydroxyl groups is 1. The number of carbonyl (C=O) groups is 1. The highest BCUT2D eigenvalue weighted by molar-refractivity contribution is 7.09. The molecular formula is C25H30N2O2S. The van der Waals surface area contributed by atoms with Gasteiger partial charge in [-0.1, -0.05) is 30.0 Å². The van der Waals surface area contributed by atoms with Crippen molar-refractivity contribution in [3.8, 4) is 11.8 Å². The predicted molar refractivity (Wildman–Crippen MR) is 121 cm³/mol. The van der Waals surface area contributed by atoms with Gasteiger partial charge in [0.25, 0.3) is 0 Å². The molecule has 2 aliphatic rings. The molecule has 1 spiro atoms.